The molecule has 3 heterocycles. The molecular formula is C18H16N4O3S. The van der Waals surface area contributed by atoms with Crippen molar-refractivity contribution in [3.63, 3.8) is 0 Å². The van der Waals surface area contributed by atoms with Crippen molar-refractivity contribution in [1.82, 2.24) is 14.5 Å². The Kier molecular flexibility index (Phi) is 4.27. The number of aliphatic hydroxyl groups excluding tert-OH is 1. The van der Waals surface area contributed by atoms with Gasteiger partial charge in [0.25, 0.3) is 5.56 Å². The fourth-order valence-electron chi connectivity index (χ4n) is 2.82. The standard InChI is InChI=1S/C18H16N4O3S/c1-25-12-4-2-11(3-5-12)22-10-21-15-14-13(19-8-9-23)6-7-20-17(14)26-16(15)18(22)24/h2-7,10,23H,8-9H2,1H3,(H,19,20). The third-order valence-corrected chi connectivity index (χ3v) is 5.13. The van der Waals surface area contributed by atoms with Crippen molar-refractivity contribution in [1.29, 1.82) is 0 Å². The van der Waals surface area contributed by atoms with Crippen LogP contribution in [-0.4, -0.2) is 39.9 Å². The number of anilines is 1. The second kappa shape index (κ2) is 6.74. The smallest absolute Gasteiger partial charge is 0.275 e. The Morgan fingerprint density at radius 1 is 1.23 bits per heavy atom. The van der Waals surface area contributed by atoms with Crippen LogP contribution in [0, 0.1) is 0 Å². The van der Waals surface area contributed by atoms with Gasteiger partial charge < -0.3 is 15.2 Å². The summed E-state index contributed by atoms with van der Waals surface area (Å²) in [6.45, 7) is 0.433. The molecule has 132 valence electrons. The number of benzene rings is 1. The third-order valence-electron chi connectivity index (χ3n) is 4.06. The first-order valence-corrected chi connectivity index (χ1v) is 8.82. The van der Waals surface area contributed by atoms with Crippen molar-refractivity contribution >= 4 is 37.5 Å². The zero-order valence-corrected chi connectivity index (χ0v) is 14.8. The van der Waals surface area contributed by atoms with E-state index in [1.54, 1.807) is 25.4 Å². The number of pyridine rings is 1. The van der Waals surface area contributed by atoms with E-state index in [0.717, 1.165) is 21.7 Å². The molecule has 2 N–H and O–H groups in total. The minimum Gasteiger partial charge on any atom is -0.497 e. The lowest BCUT2D eigenvalue weighted by Crippen LogP contribution is -2.17. The van der Waals surface area contributed by atoms with E-state index < -0.39 is 0 Å². The second-order valence-corrected chi connectivity index (χ2v) is 6.59. The highest BCUT2D eigenvalue weighted by Gasteiger charge is 2.16. The molecule has 7 nitrogen and oxygen atoms in total. The monoisotopic (exact) mass is 368 g/mol. The second-order valence-electron chi connectivity index (χ2n) is 5.59. The number of ether oxygens (including phenoxy) is 1. The van der Waals surface area contributed by atoms with Crippen LogP contribution in [-0.2, 0) is 0 Å². The van der Waals surface area contributed by atoms with Crippen LogP contribution < -0.4 is 15.6 Å². The number of nitrogens with zero attached hydrogens (tertiary/aromatic N) is 3. The number of methoxy groups -OCH3 is 1. The molecule has 0 radical (unpaired) electrons. The molecule has 0 saturated heterocycles. The minimum absolute atomic E-state index is 0.0175. The number of hydrogen-bond donors (Lipinski definition) is 2. The molecule has 1 aromatic carbocycles. The minimum atomic E-state index is -0.142. The summed E-state index contributed by atoms with van der Waals surface area (Å²) in [6.07, 6.45) is 3.21. The van der Waals surface area contributed by atoms with E-state index in [9.17, 15) is 4.79 Å². The number of nitrogens with one attached hydrogen (secondary N) is 1. The molecule has 0 bridgehead atoms. The number of hydrogen-bond acceptors (Lipinski definition) is 7. The van der Waals surface area contributed by atoms with Gasteiger partial charge in [-0.3, -0.25) is 9.36 Å². The molecule has 3 aromatic heterocycles. The highest BCUT2D eigenvalue weighted by Crippen LogP contribution is 2.34. The SMILES string of the molecule is COc1ccc(-n2cnc3c(sc4nccc(NCCO)c43)c2=O)cc1. The molecule has 0 aliphatic rings. The summed E-state index contributed by atoms with van der Waals surface area (Å²) in [5.74, 6) is 0.724. The molecule has 0 aliphatic carbocycles. The molecule has 0 unspecified atom stereocenters. The summed E-state index contributed by atoms with van der Waals surface area (Å²) >= 11 is 1.32. The zero-order chi connectivity index (χ0) is 18.1. The Morgan fingerprint density at radius 3 is 2.77 bits per heavy atom. The van der Waals surface area contributed by atoms with Gasteiger partial charge in [-0.15, -0.1) is 11.3 Å². The van der Waals surface area contributed by atoms with Crippen molar-refractivity contribution in [2.75, 3.05) is 25.6 Å². The summed E-state index contributed by atoms with van der Waals surface area (Å²) in [5.41, 5.74) is 2.00. The van der Waals surface area contributed by atoms with Crippen LogP contribution in [0.3, 0.4) is 0 Å². The number of fused-ring (bicyclic) bond motifs is 3. The Balaban J connectivity index is 1.90. The van der Waals surface area contributed by atoms with E-state index in [1.165, 1.54) is 22.2 Å². The molecule has 0 amide bonds. The van der Waals surface area contributed by atoms with Gasteiger partial charge in [0.15, 0.2) is 0 Å². The van der Waals surface area contributed by atoms with Gasteiger partial charge in [-0.25, -0.2) is 9.97 Å². The molecule has 0 aliphatic heterocycles. The molecule has 0 spiro atoms. The quantitative estimate of drug-likeness (QED) is 0.562. The predicted octanol–water partition coefficient (Wildman–Crippen LogP) is 2.41. The van der Waals surface area contributed by atoms with E-state index in [4.69, 9.17) is 9.84 Å². The van der Waals surface area contributed by atoms with Gasteiger partial charge >= 0.3 is 0 Å². The van der Waals surface area contributed by atoms with Gasteiger partial charge in [0.1, 0.15) is 21.6 Å². The Labute approximate surface area is 152 Å². The first-order chi connectivity index (χ1) is 12.7. The molecule has 0 saturated carbocycles. The number of thiophene rings is 1. The number of rotatable bonds is 5. The van der Waals surface area contributed by atoms with Crippen LogP contribution in [0.2, 0.25) is 0 Å². The van der Waals surface area contributed by atoms with Crippen LogP contribution in [0.15, 0.2) is 47.7 Å². The topological polar surface area (TPSA) is 89.3 Å². The van der Waals surface area contributed by atoms with Crippen LogP contribution in [0.1, 0.15) is 0 Å². The number of aromatic nitrogens is 3. The highest BCUT2D eigenvalue weighted by atomic mass is 32.1. The van der Waals surface area contributed by atoms with Gasteiger partial charge in [-0.1, -0.05) is 0 Å². The van der Waals surface area contributed by atoms with E-state index in [1.807, 2.05) is 18.2 Å². The fourth-order valence-corrected chi connectivity index (χ4v) is 3.87. The van der Waals surface area contributed by atoms with Gasteiger partial charge in [0.2, 0.25) is 0 Å². The van der Waals surface area contributed by atoms with Crippen molar-refractivity contribution in [2.24, 2.45) is 0 Å². The molecule has 4 rings (SSSR count). The molecule has 8 heteroatoms. The summed E-state index contributed by atoms with van der Waals surface area (Å²) in [6, 6.07) is 9.05. The van der Waals surface area contributed by atoms with E-state index >= 15 is 0 Å². The van der Waals surface area contributed by atoms with Crippen LogP contribution >= 0.6 is 11.3 Å². The fraction of sp³-hybridized carbons (Fsp3) is 0.167. The molecule has 0 fully saturated rings. The molecular weight excluding hydrogens is 352 g/mol. The maximum Gasteiger partial charge on any atom is 0.275 e. The lowest BCUT2D eigenvalue weighted by Gasteiger charge is -2.07. The predicted molar refractivity (Wildman–Crippen MR) is 103 cm³/mol. The van der Waals surface area contributed by atoms with Crippen LogP contribution in [0.25, 0.3) is 26.1 Å². The first kappa shape index (κ1) is 16.5. The van der Waals surface area contributed by atoms with E-state index in [2.05, 4.69) is 15.3 Å². The summed E-state index contributed by atoms with van der Waals surface area (Å²) < 4.78 is 7.21. The summed E-state index contributed by atoms with van der Waals surface area (Å²) in [4.78, 5) is 22.6. The van der Waals surface area contributed by atoms with Gasteiger partial charge in [-0.05, 0) is 30.3 Å². The molecule has 26 heavy (non-hydrogen) atoms. The lowest BCUT2D eigenvalue weighted by atomic mass is 10.2. The first-order valence-electron chi connectivity index (χ1n) is 8.01. The average Bonchev–Trinajstić information content (AvgIpc) is 3.07. The molecule has 0 atom stereocenters. The normalized spacial score (nSPS) is 11.2. The maximum absolute atomic E-state index is 13.0. The average molecular weight is 368 g/mol. The largest absolute Gasteiger partial charge is 0.497 e. The molecule has 4 aromatic rings. The van der Waals surface area contributed by atoms with E-state index in [-0.39, 0.29) is 12.2 Å². The highest BCUT2D eigenvalue weighted by molar-refractivity contribution is 7.25. The van der Waals surface area contributed by atoms with Gasteiger partial charge in [0, 0.05) is 18.4 Å². The Morgan fingerprint density at radius 2 is 2.04 bits per heavy atom. The van der Waals surface area contributed by atoms with Crippen molar-refractivity contribution in [3.8, 4) is 11.4 Å². The van der Waals surface area contributed by atoms with E-state index in [0.29, 0.717) is 22.4 Å². The van der Waals surface area contributed by atoms with Crippen LogP contribution in [0.4, 0.5) is 5.69 Å². The van der Waals surface area contributed by atoms with Crippen molar-refractivity contribution in [3.05, 3.63) is 53.2 Å². The van der Waals surface area contributed by atoms with Crippen molar-refractivity contribution in [2.45, 2.75) is 0 Å². The van der Waals surface area contributed by atoms with Gasteiger partial charge in [-0.2, -0.15) is 0 Å². The summed E-state index contributed by atoms with van der Waals surface area (Å²) in [5, 5.41) is 13.0. The maximum atomic E-state index is 13.0. The van der Waals surface area contributed by atoms with Crippen molar-refractivity contribution < 1.29 is 9.84 Å². The number of aliphatic hydroxyl groups is 1. The lowest BCUT2D eigenvalue weighted by molar-refractivity contribution is 0.311. The zero-order valence-electron chi connectivity index (χ0n) is 14.0. The van der Waals surface area contributed by atoms with Crippen LogP contribution in [0.5, 0.6) is 5.75 Å². The Hall–Kier alpha value is -2.97. The van der Waals surface area contributed by atoms with Gasteiger partial charge in [0.05, 0.1) is 30.3 Å². The summed E-state index contributed by atoms with van der Waals surface area (Å²) in [7, 11) is 1.60. The Bertz CT molecular complexity index is 1140. The third kappa shape index (κ3) is 2.69.